The van der Waals surface area contributed by atoms with Crippen LogP contribution < -0.4 is 0 Å². The predicted molar refractivity (Wildman–Crippen MR) is 82.7 cm³/mol. The first-order valence-corrected chi connectivity index (χ1v) is 8.20. The molecular formula is C18H36. The molecule has 1 aliphatic carbocycles. The summed E-state index contributed by atoms with van der Waals surface area (Å²) in [6, 6.07) is 0. The van der Waals surface area contributed by atoms with E-state index in [-0.39, 0.29) is 0 Å². The van der Waals surface area contributed by atoms with Crippen molar-refractivity contribution in [3.8, 4) is 0 Å². The van der Waals surface area contributed by atoms with Crippen LogP contribution in [0.5, 0.6) is 0 Å². The highest BCUT2D eigenvalue weighted by Gasteiger charge is 2.47. The van der Waals surface area contributed by atoms with Crippen molar-refractivity contribution in [2.75, 3.05) is 0 Å². The van der Waals surface area contributed by atoms with Crippen molar-refractivity contribution in [3.63, 3.8) is 0 Å². The summed E-state index contributed by atoms with van der Waals surface area (Å²) in [6.07, 6.45) is 5.60. The summed E-state index contributed by atoms with van der Waals surface area (Å²) in [6.45, 7) is 19.6. The molecule has 1 aliphatic rings. The Balaban J connectivity index is 2.92. The van der Waals surface area contributed by atoms with Gasteiger partial charge in [0.05, 0.1) is 0 Å². The fraction of sp³-hybridized carbons (Fsp3) is 1.00. The molecule has 0 heterocycles. The van der Waals surface area contributed by atoms with E-state index in [0.29, 0.717) is 10.8 Å². The zero-order valence-electron chi connectivity index (χ0n) is 14.1. The van der Waals surface area contributed by atoms with E-state index in [4.69, 9.17) is 0 Å². The Hall–Kier alpha value is 0. The van der Waals surface area contributed by atoms with Crippen LogP contribution in [0.2, 0.25) is 0 Å². The molecule has 108 valence electrons. The van der Waals surface area contributed by atoms with E-state index >= 15 is 0 Å². The van der Waals surface area contributed by atoms with Crippen molar-refractivity contribution in [3.05, 3.63) is 0 Å². The molecule has 0 radical (unpaired) electrons. The van der Waals surface area contributed by atoms with Gasteiger partial charge in [0.1, 0.15) is 0 Å². The fourth-order valence-electron chi connectivity index (χ4n) is 4.35. The molecule has 0 amide bonds. The average molecular weight is 252 g/mol. The van der Waals surface area contributed by atoms with Crippen LogP contribution in [0.25, 0.3) is 0 Å². The molecule has 0 nitrogen and oxygen atoms in total. The summed E-state index contributed by atoms with van der Waals surface area (Å²) in [7, 11) is 0. The smallest absolute Gasteiger partial charge is 0.0300 e. The first-order chi connectivity index (χ1) is 8.20. The van der Waals surface area contributed by atoms with Crippen LogP contribution in [0, 0.1) is 34.5 Å². The predicted octanol–water partition coefficient (Wildman–Crippen LogP) is 6.16. The third-order valence-electron chi connectivity index (χ3n) is 7.00. The lowest BCUT2D eigenvalue weighted by atomic mass is 9.61. The van der Waals surface area contributed by atoms with Crippen LogP contribution in [0.1, 0.15) is 81.1 Å². The summed E-state index contributed by atoms with van der Waals surface area (Å²) in [4.78, 5) is 0. The van der Waals surface area contributed by atoms with E-state index in [9.17, 15) is 0 Å². The summed E-state index contributed by atoms with van der Waals surface area (Å²) in [5.41, 5.74) is 1.08. The molecule has 18 heavy (non-hydrogen) atoms. The van der Waals surface area contributed by atoms with Crippen LogP contribution in [0.4, 0.5) is 0 Å². The molecular weight excluding hydrogens is 216 g/mol. The van der Waals surface area contributed by atoms with Gasteiger partial charge in [0, 0.05) is 0 Å². The van der Waals surface area contributed by atoms with Crippen molar-refractivity contribution in [1.82, 2.24) is 0 Å². The van der Waals surface area contributed by atoms with Gasteiger partial charge >= 0.3 is 0 Å². The SMILES string of the molecule is CCC(C1CCC(C)(CC)C1C)C(C)(C)C(C)C. The molecule has 0 aromatic heterocycles. The molecule has 1 rings (SSSR count). The molecule has 0 aromatic rings. The first kappa shape index (κ1) is 16.1. The van der Waals surface area contributed by atoms with Crippen molar-refractivity contribution < 1.29 is 0 Å². The van der Waals surface area contributed by atoms with Crippen molar-refractivity contribution in [2.45, 2.75) is 81.1 Å². The third-order valence-corrected chi connectivity index (χ3v) is 7.00. The maximum atomic E-state index is 2.53. The van der Waals surface area contributed by atoms with Crippen LogP contribution in [0.3, 0.4) is 0 Å². The Morgan fingerprint density at radius 1 is 1.22 bits per heavy atom. The minimum absolute atomic E-state index is 0.479. The van der Waals surface area contributed by atoms with Crippen LogP contribution >= 0.6 is 0 Å². The quantitative estimate of drug-likeness (QED) is 0.550. The lowest BCUT2D eigenvalue weighted by molar-refractivity contribution is 0.0480. The first-order valence-electron chi connectivity index (χ1n) is 8.20. The molecule has 0 bridgehead atoms. The van der Waals surface area contributed by atoms with Crippen molar-refractivity contribution in [1.29, 1.82) is 0 Å². The zero-order valence-corrected chi connectivity index (χ0v) is 14.1. The summed E-state index contributed by atoms with van der Waals surface area (Å²) in [5, 5.41) is 0. The average Bonchev–Trinajstić information content (AvgIpc) is 2.59. The maximum absolute atomic E-state index is 2.53. The molecule has 0 saturated heterocycles. The number of hydrogen-bond acceptors (Lipinski definition) is 0. The zero-order chi connectivity index (χ0) is 14.1. The summed E-state index contributed by atoms with van der Waals surface area (Å²) in [5.74, 6) is 3.51. The van der Waals surface area contributed by atoms with Crippen LogP contribution in [-0.2, 0) is 0 Å². The monoisotopic (exact) mass is 252 g/mol. The Kier molecular flexibility index (Phi) is 4.95. The molecule has 1 fully saturated rings. The molecule has 4 atom stereocenters. The Morgan fingerprint density at radius 3 is 2.11 bits per heavy atom. The van der Waals surface area contributed by atoms with Crippen LogP contribution in [-0.4, -0.2) is 0 Å². The molecule has 0 aliphatic heterocycles. The van der Waals surface area contributed by atoms with Crippen LogP contribution in [0.15, 0.2) is 0 Å². The minimum Gasteiger partial charge on any atom is -0.0651 e. The Labute approximate surface area is 116 Å². The lowest BCUT2D eigenvalue weighted by Crippen LogP contribution is -2.37. The Morgan fingerprint density at radius 2 is 1.78 bits per heavy atom. The molecule has 0 N–H and O–H groups in total. The van der Waals surface area contributed by atoms with Gasteiger partial charge in [0.15, 0.2) is 0 Å². The van der Waals surface area contributed by atoms with E-state index < -0.39 is 0 Å². The number of rotatable bonds is 5. The van der Waals surface area contributed by atoms with E-state index in [0.717, 1.165) is 23.7 Å². The van der Waals surface area contributed by atoms with E-state index in [2.05, 4.69) is 55.4 Å². The third kappa shape index (κ3) is 2.63. The van der Waals surface area contributed by atoms with Crippen molar-refractivity contribution in [2.24, 2.45) is 34.5 Å². The Bertz CT molecular complexity index is 263. The van der Waals surface area contributed by atoms with Gasteiger partial charge in [-0.3, -0.25) is 0 Å². The van der Waals surface area contributed by atoms with Gasteiger partial charge in [0.2, 0.25) is 0 Å². The van der Waals surface area contributed by atoms with Gasteiger partial charge in [-0.15, -0.1) is 0 Å². The second-order valence-electron chi connectivity index (χ2n) is 7.99. The van der Waals surface area contributed by atoms with E-state index in [1.165, 1.54) is 25.7 Å². The standard InChI is InChI=1S/C18H36/c1-9-16(17(6,7)13(3)4)15-11-12-18(8,10-2)14(15)5/h13-16H,9-12H2,1-8H3. The van der Waals surface area contributed by atoms with E-state index in [1.54, 1.807) is 0 Å². The highest BCUT2D eigenvalue weighted by molar-refractivity contribution is 4.97. The van der Waals surface area contributed by atoms with Crippen molar-refractivity contribution >= 4 is 0 Å². The molecule has 0 spiro atoms. The largest absolute Gasteiger partial charge is 0.0651 e. The molecule has 1 saturated carbocycles. The summed E-state index contributed by atoms with van der Waals surface area (Å²) >= 11 is 0. The lowest BCUT2D eigenvalue weighted by Gasteiger charge is -2.44. The highest BCUT2D eigenvalue weighted by Crippen LogP contribution is 2.56. The molecule has 0 aromatic carbocycles. The summed E-state index contributed by atoms with van der Waals surface area (Å²) < 4.78 is 0. The van der Waals surface area contributed by atoms with Gasteiger partial charge in [-0.25, -0.2) is 0 Å². The van der Waals surface area contributed by atoms with Gasteiger partial charge in [-0.1, -0.05) is 68.2 Å². The molecule has 4 unspecified atom stereocenters. The highest BCUT2D eigenvalue weighted by atomic mass is 14.5. The van der Waals surface area contributed by atoms with Gasteiger partial charge in [0.25, 0.3) is 0 Å². The second kappa shape index (κ2) is 5.55. The molecule has 0 heteroatoms. The van der Waals surface area contributed by atoms with Gasteiger partial charge in [-0.05, 0) is 47.3 Å². The minimum atomic E-state index is 0.479. The topological polar surface area (TPSA) is 0 Å². The normalized spacial score (nSPS) is 35.2. The van der Waals surface area contributed by atoms with Gasteiger partial charge in [-0.2, -0.15) is 0 Å². The second-order valence-corrected chi connectivity index (χ2v) is 7.99. The fourth-order valence-corrected chi connectivity index (χ4v) is 4.35. The maximum Gasteiger partial charge on any atom is -0.0300 e. The number of hydrogen-bond donors (Lipinski definition) is 0. The van der Waals surface area contributed by atoms with Gasteiger partial charge < -0.3 is 0 Å². The van der Waals surface area contributed by atoms with E-state index in [1.807, 2.05) is 0 Å².